The van der Waals surface area contributed by atoms with Gasteiger partial charge in [0.2, 0.25) is 0 Å². The molecule has 0 aliphatic rings. The highest BCUT2D eigenvalue weighted by Gasteiger charge is 2.05. The van der Waals surface area contributed by atoms with Crippen molar-refractivity contribution >= 4 is 33.2 Å². The molecule has 0 radical (unpaired) electrons. The molecule has 0 nitrogen and oxygen atoms in total. The molecule has 0 unspecified atom stereocenters. The standard InChI is InChI=1S/C13H16S2/c1-9(2)14-7-11-8-15-13-6-10(3)4-5-12(11)13/h4-6,8-9H,7H2,1-3H3. The zero-order valence-corrected chi connectivity index (χ0v) is 11.0. The van der Waals surface area contributed by atoms with E-state index in [-0.39, 0.29) is 0 Å². The SMILES string of the molecule is Cc1ccc2c(CSC(C)C)csc2c1. The Morgan fingerprint density at radius 3 is 2.87 bits per heavy atom. The molecule has 2 rings (SSSR count). The van der Waals surface area contributed by atoms with Crippen LogP contribution >= 0.6 is 23.1 Å². The Morgan fingerprint density at radius 2 is 2.13 bits per heavy atom. The number of hydrogen-bond acceptors (Lipinski definition) is 2. The minimum Gasteiger partial charge on any atom is -0.154 e. The Balaban J connectivity index is 2.29. The molecular weight excluding hydrogens is 220 g/mol. The summed E-state index contributed by atoms with van der Waals surface area (Å²) >= 11 is 3.88. The van der Waals surface area contributed by atoms with Crippen LogP contribution in [-0.2, 0) is 5.75 Å². The fraction of sp³-hybridized carbons (Fsp3) is 0.385. The topological polar surface area (TPSA) is 0 Å². The smallest absolute Gasteiger partial charge is 0.0348 e. The molecule has 1 aromatic carbocycles. The molecule has 0 fully saturated rings. The third-order valence-electron chi connectivity index (χ3n) is 2.38. The van der Waals surface area contributed by atoms with Gasteiger partial charge in [-0.05, 0) is 40.1 Å². The molecule has 0 aliphatic heterocycles. The molecule has 0 atom stereocenters. The van der Waals surface area contributed by atoms with Gasteiger partial charge in [0.25, 0.3) is 0 Å². The molecule has 0 N–H and O–H groups in total. The lowest BCUT2D eigenvalue weighted by Crippen LogP contribution is -1.87. The van der Waals surface area contributed by atoms with Crippen molar-refractivity contribution < 1.29 is 0 Å². The number of thioether (sulfide) groups is 1. The number of hydrogen-bond donors (Lipinski definition) is 0. The van der Waals surface area contributed by atoms with Crippen molar-refractivity contribution in [1.82, 2.24) is 0 Å². The molecule has 80 valence electrons. The minimum absolute atomic E-state index is 0.713. The van der Waals surface area contributed by atoms with Crippen LogP contribution in [0.2, 0.25) is 0 Å². The average Bonchev–Trinajstić information content (AvgIpc) is 2.57. The molecule has 0 saturated carbocycles. The average molecular weight is 236 g/mol. The summed E-state index contributed by atoms with van der Waals surface area (Å²) in [5, 5.41) is 4.46. The molecule has 0 amide bonds. The molecular formula is C13H16S2. The van der Waals surface area contributed by atoms with Crippen molar-refractivity contribution in [2.24, 2.45) is 0 Å². The van der Waals surface area contributed by atoms with E-state index in [4.69, 9.17) is 0 Å². The number of benzene rings is 1. The second-order valence-corrected chi connectivity index (χ2v) is 6.60. The maximum absolute atomic E-state index is 2.31. The molecule has 0 spiro atoms. The highest BCUT2D eigenvalue weighted by molar-refractivity contribution is 7.99. The Hall–Kier alpha value is -0.470. The first-order valence-electron chi connectivity index (χ1n) is 5.25. The van der Waals surface area contributed by atoms with E-state index in [0.717, 1.165) is 5.75 Å². The largest absolute Gasteiger partial charge is 0.154 e. The predicted molar refractivity (Wildman–Crippen MR) is 73.0 cm³/mol. The van der Waals surface area contributed by atoms with Crippen LogP contribution in [0.5, 0.6) is 0 Å². The number of aryl methyl sites for hydroxylation is 1. The third-order valence-corrected chi connectivity index (χ3v) is 4.52. The van der Waals surface area contributed by atoms with Gasteiger partial charge in [-0.1, -0.05) is 26.0 Å². The fourth-order valence-corrected chi connectivity index (χ4v) is 3.48. The van der Waals surface area contributed by atoms with Crippen molar-refractivity contribution in [3.05, 3.63) is 34.7 Å². The van der Waals surface area contributed by atoms with Crippen LogP contribution in [-0.4, -0.2) is 5.25 Å². The zero-order chi connectivity index (χ0) is 10.8. The summed E-state index contributed by atoms with van der Waals surface area (Å²) in [6.45, 7) is 6.66. The highest BCUT2D eigenvalue weighted by atomic mass is 32.2. The first-order valence-corrected chi connectivity index (χ1v) is 7.18. The third kappa shape index (κ3) is 2.56. The van der Waals surface area contributed by atoms with E-state index in [0.29, 0.717) is 5.25 Å². The maximum Gasteiger partial charge on any atom is 0.0348 e. The van der Waals surface area contributed by atoms with E-state index < -0.39 is 0 Å². The van der Waals surface area contributed by atoms with Gasteiger partial charge in [0.15, 0.2) is 0 Å². The van der Waals surface area contributed by atoms with E-state index in [9.17, 15) is 0 Å². The van der Waals surface area contributed by atoms with Crippen molar-refractivity contribution in [3.8, 4) is 0 Å². The van der Waals surface area contributed by atoms with Crippen molar-refractivity contribution in [3.63, 3.8) is 0 Å². The molecule has 2 aromatic rings. The molecule has 0 aliphatic carbocycles. The van der Waals surface area contributed by atoms with Crippen molar-refractivity contribution in [2.75, 3.05) is 0 Å². The first kappa shape index (κ1) is 11.0. The molecule has 0 saturated heterocycles. The van der Waals surface area contributed by atoms with Crippen LogP contribution in [0.4, 0.5) is 0 Å². The van der Waals surface area contributed by atoms with Gasteiger partial charge in [0.1, 0.15) is 0 Å². The van der Waals surface area contributed by atoms with Crippen LogP contribution in [0.1, 0.15) is 25.0 Å². The lowest BCUT2D eigenvalue weighted by molar-refractivity contribution is 1.11. The lowest BCUT2D eigenvalue weighted by atomic mass is 10.1. The summed E-state index contributed by atoms with van der Waals surface area (Å²) in [7, 11) is 0. The van der Waals surface area contributed by atoms with E-state index in [1.54, 1.807) is 0 Å². The van der Waals surface area contributed by atoms with Gasteiger partial charge in [-0.3, -0.25) is 0 Å². The molecule has 1 aromatic heterocycles. The van der Waals surface area contributed by atoms with Gasteiger partial charge in [-0.2, -0.15) is 11.8 Å². The summed E-state index contributed by atoms with van der Waals surface area (Å²) in [5.74, 6) is 1.14. The van der Waals surface area contributed by atoms with Crippen LogP contribution in [0.3, 0.4) is 0 Å². The van der Waals surface area contributed by atoms with Crippen molar-refractivity contribution in [2.45, 2.75) is 31.8 Å². The van der Waals surface area contributed by atoms with E-state index in [2.05, 4.69) is 44.4 Å². The summed E-state index contributed by atoms with van der Waals surface area (Å²) in [6, 6.07) is 6.75. The normalized spacial score (nSPS) is 11.5. The highest BCUT2D eigenvalue weighted by Crippen LogP contribution is 2.30. The maximum atomic E-state index is 2.31. The zero-order valence-electron chi connectivity index (χ0n) is 9.41. The second-order valence-electron chi connectivity index (χ2n) is 4.12. The fourth-order valence-electron chi connectivity index (χ4n) is 1.56. The quantitative estimate of drug-likeness (QED) is 0.734. The second kappa shape index (κ2) is 4.58. The van der Waals surface area contributed by atoms with Gasteiger partial charge in [-0.15, -0.1) is 11.3 Å². The number of fused-ring (bicyclic) bond motifs is 1. The van der Waals surface area contributed by atoms with Gasteiger partial charge in [0, 0.05) is 10.5 Å². The Kier molecular flexibility index (Phi) is 3.37. The van der Waals surface area contributed by atoms with Crippen LogP contribution in [0.25, 0.3) is 10.1 Å². The van der Waals surface area contributed by atoms with E-state index >= 15 is 0 Å². The van der Waals surface area contributed by atoms with Gasteiger partial charge < -0.3 is 0 Å². The predicted octanol–water partition coefficient (Wildman–Crippen LogP) is 4.85. The summed E-state index contributed by atoms with van der Waals surface area (Å²) in [6.07, 6.45) is 0. The number of thiophene rings is 1. The van der Waals surface area contributed by atoms with Crippen molar-refractivity contribution in [1.29, 1.82) is 0 Å². The Labute approximate surface area is 99.7 Å². The lowest BCUT2D eigenvalue weighted by Gasteiger charge is -2.03. The van der Waals surface area contributed by atoms with Crippen LogP contribution in [0.15, 0.2) is 23.6 Å². The molecule has 0 bridgehead atoms. The minimum atomic E-state index is 0.713. The Morgan fingerprint density at radius 1 is 1.33 bits per heavy atom. The van der Waals surface area contributed by atoms with Crippen LogP contribution in [0, 0.1) is 6.92 Å². The monoisotopic (exact) mass is 236 g/mol. The Bertz CT molecular complexity index is 455. The van der Waals surface area contributed by atoms with E-state index in [1.807, 2.05) is 23.1 Å². The van der Waals surface area contributed by atoms with E-state index in [1.165, 1.54) is 21.2 Å². The van der Waals surface area contributed by atoms with Crippen LogP contribution < -0.4 is 0 Å². The van der Waals surface area contributed by atoms with Gasteiger partial charge in [-0.25, -0.2) is 0 Å². The van der Waals surface area contributed by atoms with Gasteiger partial charge >= 0.3 is 0 Å². The molecule has 15 heavy (non-hydrogen) atoms. The number of rotatable bonds is 3. The van der Waals surface area contributed by atoms with Gasteiger partial charge in [0.05, 0.1) is 0 Å². The molecule has 2 heteroatoms. The summed E-state index contributed by atoms with van der Waals surface area (Å²) < 4.78 is 1.43. The molecule has 1 heterocycles. The summed E-state index contributed by atoms with van der Waals surface area (Å²) in [4.78, 5) is 0. The first-order chi connectivity index (χ1) is 7.16. The summed E-state index contributed by atoms with van der Waals surface area (Å²) in [5.41, 5.74) is 2.85.